The topological polar surface area (TPSA) is 223 Å². The predicted molar refractivity (Wildman–Crippen MR) is 226 cm³/mol. The fraction of sp³-hybridized carbons (Fsp3) is 0.391. The SMILES string of the molecule is CCCCC(CC)COC(=O)/C=C/c1ccc(O)cc1.CCCCC(CC)COC(=O)/C=C/c1ccc(Oc2c(C)occc2=O)cc1.Cc1occc(=O)c1O.[Na+].[Na+].[OH-].[OH-]. The van der Waals surface area contributed by atoms with E-state index in [1.54, 1.807) is 67.6 Å². The van der Waals surface area contributed by atoms with E-state index in [0.717, 1.165) is 49.7 Å². The number of esters is 2. The van der Waals surface area contributed by atoms with Crippen molar-refractivity contribution in [2.75, 3.05) is 13.2 Å². The first kappa shape index (κ1) is 61.4. The van der Waals surface area contributed by atoms with Crippen LogP contribution in [0.1, 0.15) is 102 Å². The monoisotopic (exact) mass is 866 g/mol. The standard InChI is InChI=1S/C23H28O5.C17H24O3.C6H6O3.2Na.2H2O/c1-4-6-7-18(5-2)16-27-22(25)13-10-19-8-11-20(12-9-19)28-23-17(3)26-15-14-21(23)24;1-3-5-6-14(4-2)13-20-17(19)12-9-15-7-10-16(18)11-8-15;1-4-6(8)5(7)2-3-9-4;;;;/h8-15,18H,4-7,16H2,1-3H3;7-12,14,18H,3-6,13H2,1-2H3;2-3,8H,1H3;;;2*1H2/q;;;2*+1;;/p-2/b13-10+;12-9+;;;;;. The Bertz CT molecular complexity index is 1950. The molecule has 4 N–H and O–H groups in total. The van der Waals surface area contributed by atoms with Crippen molar-refractivity contribution in [2.45, 2.75) is 92.9 Å². The number of aromatic hydroxyl groups is 2. The molecular formula is C46H60Na2O13. The number of carbonyl (C=O) groups excluding carboxylic acids is 2. The van der Waals surface area contributed by atoms with E-state index in [1.165, 1.54) is 56.6 Å². The minimum absolute atomic E-state index is 0. The Morgan fingerprint density at radius 3 is 1.46 bits per heavy atom. The molecule has 2 aromatic heterocycles. The Morgan fingerprint density at radius 1 is 0.639 bits per heavy atom. The molecule has 0 aliphatic rings. The van der Waals surface area contributed by atoms with Crippen LogP contribution in [-0.4, -0.2) is 46.3 Å². The summed E-state index contributed by atoms with van der Waals surface area (Å²) in [6, 6.07) is 16.2. The van der Waals surface area contributed by atoms with Gasteiger partial charge in [0.05, 0.1) is 25.7 Å². The van der Waals surface area contributed by atoms with Crippen LogP contribution in [0.5, 0.6) is 23.0 Å². The van der Waals surface area contributed by atoms with Crippen LogP contribution in [0.4, 0.5) is 0 Å². The molecule has 0 spiro atoms. The molecule has 0 aliphatic heterocycles. The van der Waals surface area contributed by atoms with Crippen molar-refractivity contribution in [2.24, 2.45) is 11.8 Å². The van der Waals surface area contributed by atoms with E-state index < -0.39 is 5.43 Å². The molecule has 2 atom stereocenters. The van der Waals surface area contributed by atoms with Crippen LogP contribution in [0.2, 0.25) is 0 Å². The minimum atomic E-state index is -0.404. The Kier molecular flexibility index (Phi) is 35.9. The molecule has 0 aliphatic carbocycles. The largest absolute Gasteiger partial charge is 1.00 e. The van der Waals surface area contributed by atoms with E-state index in [4.69, 9.17) is 28.8 Å². The summed E-state index contributed by atoms with van der Waals surface area (Å²) < 4.78 is 26.1. The number of rotatable bonds is 18. The van der Waals surface area contributed by atoms with Crippen molar-refractivity contribution < 1.29 is 113 Å². The first-order valence-electron chi connectivity index (χ1n) is 19.5. The summed E-state index contributed by atoms with van der Waals surface area (Å²) in [6.07, 6.45) is 17.7. The maximum Gasteiger partial charge on any atom is 1.00 e. The molecule has 2 unspecified atom stereocenters. The zero-order chi connectivity index (χ0) is 42.0. The van der Waals surface area contributed by atoms with Gasteiger partial charge in [-0.15, -0.1) is 0 Å². The van der Waals surface area contributed by atoms with Gasteiger partial charge in [-0.2, -0.15) is 0 Å². The van der Waals surface area contributed by atoms with Crippen molar-refractivity contribution in [3.8, 4) is 23.0 Å². The third kappa shape index (κ3) is 25.6. The second-order valence-corrected chi connectivity index (χ2v) is 13.4. The second-order valence-electron chi connectivity index (χ2n) is 13.4. The van der Waals surface area contributed by atoms with Gasteiger partial charge in [-0.1, -0.05) is 90.5 Å². The molecule has 4 rings (SSSR count). The first-order chi connectivity index (χ1) is 27.4. The van der Waals surface area contributed by atoms with Crippen molar-refractivity contribution >= 4 is 24.1 Å². The van der Waals surface area contributed by atoms with E-state index in [-0.39, 0.29) is 110 Å². The summed E-state index contributed by atoms with van der Waals surface area (Å²) in [4.78, 5) is 45.9. The van der Waals surface area contributed by atoms with Gasteiger partial charge in [-0.3, -0.25) is 9.59 Å². The number of aryl methyl sites for hydroxylation is 2. The van der Waals surface area contributed by atoms with Gasteiger partial charge in [-0.25, -0.2) is 9.59 Å². The van der Waals surface area contributed by atoms with Crippen LogP contribution in [0.15, 0.2) is 104 Å². The Balaban J connectivity index is -0.000000893. The summed E-state index contributed by atoms with van der Waals surface area (Å²) in [5.74, 6) is 1.50. The average Bonchev–Trinajstić information content (AvgIpc) is 3.21. The van der Waals surface area contributed by atoms with Crippen LogP contribution < -0.4 is 74.7 Å². The zero-order valence-electron chi connectivity index (χ0n) is 36.9. The molecule has 15 heteroatoms. The van der Waals surface area contributed by atoms with Gasteiger partial charge >= 0.3 is 71.1 Å². The molecule has 0 saturated carbocycles. The molecule has 2 heterocycles. The number of unbranched alkanes of at least 4 members (excludes halogenated alkanes) is 2. The number of ether oxygens (including phenoxy) is 3. The summed E-state index contributed by atoms with van der Waals surface area (Å²) in [5, 5.41) is 18.0. The molecule has 4 aromatic rings. The van der Waals surface area contributed by atoms with Gasteiger partial charge in [-0.05, 0) is 86.1 Å². The van der Waals surface area contributed by atoms with Gasteiger partial charge in [0.2, 0.25) is 22.4 Å². The fourth-order valence-electron chi connectivity index (χ4n) is 5.10. The second kappa shape index (κ2) is 35.7. The number of phenols is 1. The molecule has 0 saturated heterocycles. The van der Waals surface area contributed by atoms with Crippen molar-refractivity contribution in [1.82, 2.24) is 0 Å². The summed E-state index contributed by atoms with van der Waals surface area (Å²) in [5.41, 5.74) is 1.05. The first-order valence-corrected chi connectivity index (χ1v) is 19.5. The van der Waals surface area contributed by atoms with Gasteiger partial charge in [0.25, 0.3) is 0 Å². The molecule has 324 valence electrons. The maximum absolute atomic E-state index is 11.9. The summed E-state index contributed by atoms with van der Waals surface area (Å²) >= 11 is 0. The number of phenolic OH excluding ortho intramolecular Hbond substituents is 1. The van der Waals surface area contributed by atoms with Crippen LogP contribution in [0, 0.1) is 25.7 Å². The van der Waals surface area contributed by atoms with E-state index in [0.29, 0.717) is 36.6 Å². The van der Waals surface area contributed by atoms with Gasteiger partial charge < -0.3 is 44.2 Å². The summed E-state index contributed by atoms with van der Waals surface area (Å²) in [6.45, 7) is 12.7. The quantitative estimate of drug-likeness (QED) is 0.0822. The maximum atomic E-state index is 11.9. The van der Waals surface area contributed by atoms with Crippen molar-refractivity contribution in [3.63, 3.8) is 0 Å². The van der Waals surface area contributed by atoms with Crippen LogP contribution >= 0.6 is 0 Å². The molecule has 61 heavy (non-hydrogen) atoms. The summed E-state index contributed by atoms with van der Waals surface area (Å²) in [7, 11) is 0. The van der Waals surface area contributed by atoms with Gasteiger partial charge in [0.15, 0.2) is 0 Å². The van der Waals surface area contributed by atoms with Crippen molar-refractivity contribution in [1.29, 1.82) is 0 Å². The van der Waals surface area contributed by atoms with E-state index >= 15 is 0 Å². The molecule has 0 bridgehead atoms. The van der Waals surface area contributed by atoms with Crippen LogP contribution in [0.3, 0.4) is 0 Å². The number of hydrogen-bond acceptors (Lipinski definition) is 13. The van der Waals surface area contributed by atoms with Crippen LogP contribution in [0.25, 0.3) is 12.2 Å². The average molecular weight is 867 g/mol. The Morgan fingerprint density at radius 2 is 1.07 bits per heavy atom. The third-order valence-corrected chi connectivity index (χ3v) is 8.86. The van der Waals surface area contributed by atoms with Crippen molar-refractivity contribution in [3.05, 3.63) is 128 Å². The predicted octanol–water partition coefficient (Wildman–Crippen LogP) is 3.99. The Labute approximate surface area is 403 Å². The number of carbonyl (C=O) groups is 2. The van der Waals surface area contributed by atoms with E-state index in [9.17, 15) is 19.2 Å². The molecule has 0 radical (unpaired) electrons. The molecule has 0 fully saturated rings. The molecule has 0 amide bonds. The Hall–Kier alpha value is -3.92. The third-order valence-electron chi connectivity index (χ3n) is 8.86. The van der Waals surface area contributed by atoms with Gasteiger partial charge in [0.1, 0.15) is 23.0 Å². The molecule has 2 aromatic carbocycles. The zero-order valence-corrected chi connectivity index (χ0v) is 40.9. The number of hydrogen-bond donors (Lipinski definition) is 2. The van der Waals surface area contributed by atoms with Gasteiger partial charge in [0, 0.05) is 24.3 Å². The minimum Gasteiger partial charge on any atom is -0.870 e. The molecule has 13 nitrogen and oxygen atoms in total. The smallest absolute Gasteiger partial charge is 0.870 e. The number of benzene rings is 2. The fourth-order valence-corrected chi connectivity index (χ4v) is 5.10. The van der Waals surface area contributed by atoms with Crippen LogP contribution in [-0.2, 0) is 19.1 Å². The van der Waals surface area contributed by atoms with E-state index in [2.05, 4.69) is 32.1 Å². The normalized spacial score (nSPS) is 11.0. The molecular weight excluding hydrogens is 806 g/mol. The van der Waals surface area contributed by atoms with E-state index in [1.807, 2.05) is 0 Å².